The molecule has 0 radical (unpaired) electrons. The summed E-state index contributed by atoms with van der Waals surface area (Å²) in [7, 11) is 0. The highest BCUT2D eigenvalue weighted by atomic mass is 35.5. The molecule has 3 rings (SSSR count). The van der Waals surface area contributed by atoms with Gasteiger partial charge in [-0.2, -0.15) is 0 Å². The van der Waals surface area contributed by atoms with Gasteiger partial charge in [0.25, 0.3) is 0 Å². The predicted octanol–water partition coefficient (Wildman–Crippen LogP) is 4.61. The summed E-state index contributed by atoms with van der Waals surface area (Å²) in [6.45, 7) is 0.562. The fourth-order valence-electron chi connectivity index (χ4n) is 1.71. The molecule has 3 aromatic rings. The standard InChI is InChI=1S/C13H9Cl2N3S/c14-10-4-2-1-3-8(10)7-16-13-17-11(15)9-5-6-19-12(9)18-13/h1-6H,7H2,(H,16,17,18). The van der Waals surface area contributed by atoms with Crippen molar-refractivity contribution < 1.29 is 0 Å². The lowest BCUT2D eigenvalue weighted by atomic mass is 10.2. The molecular formula is C13H9Cl2N3S. The Morgan fingerprint density at radius 1 is 1.11 bits per heavy atom. The zero-order valence-corrected chi connectivity index (χ0v) is 12.1. The van der Waals surface area contributed by atoms with E-state index in [0.717, 1.165) is 20.8 Å². The molecule has 0 saturated carbocycles. The molecule has 2 heterocycles. The maximum Gasteiger partial charge on any atom is 0.225 e. The van der Waals surface area contributed by atoms with Crippen molar-refractivity contribution in [2.24, 2.45) is 0 Å². The van der Waals surface area contributed by atoms with Crippen molar-refractivity contribution in [2.45, 2.75) is 6.54 Å². The quantitative estimate of drug-likeness (QED) is 0.718. The molecule has 0 amide bonds. The summed E-state index contributed by atoms with van der Waals surface area (Å²) < 4.78 is 0. The highest BCUT2D eigenvalue weighted by molar-refractivity contribution is 7.16. The number of fused-ring (bicyclic) bond motifs is 1. The average molecular weight is 310 g/mol. The van der Waals surface area contributed by atoms with Gasteiger partial charge in [0.2, 0.25) is 5.95 Å². The van der Waals surface area contributed by atoms with Gasteiger partial charge in [0.05, 0.1) is 0 Å². The molecule has 1 N–H and O–H groups in total. The summed E-state index contributed by atoms with van der Waals surface area (Å²) in [6.07, 6.45) is 0. The molecule has 3 nitrogen and oxygen atoms in total. The van der Waals surface area contributed by atoms with Crippen molar-refractivity contribution >= 4 is 50.7 Å². The number of rotatable bonds is 3. The number of anilines is 1. The van der Waals surface area contributed by atoms with Gasteiger partial charge >= 0.3 is 0 Å². The number of benzene rings is 1. The number of nitrogens with one attached hydrogen (secondary N) is 1. The maximum atomic E-state index is 6.11. The van der Waals surface area contributed by atoms with Crippen LogP contribution in [0.1, 0.15) is 5.56 Å². The van der Waals surface area contributed by atoms with Crippen molar-refractivity contribution in [3.05, 3.63) is 51.5 Å². The molecule has 0 fully saturated rings. The third kappa shape index (κ3) is 2.66. The summed E-state index contributed by atoms with van der Waals surface area (Å²) >= 11 is 13.7. The van der Waals surface area contributed by atoms with E-state index in [9.17, 15) is 0 Å². The molecule has 0 spiro atoms. The number of halogens is 2. The lowest BCUT2D eigenvalue weighted by Crippen LogP contribution is -2.04. The van der Waals surface area contributed by atoms with Crippen molar-refractivity contribution in [2.75, 3.05) is 5.32 Å². The van der Waals surface area contributed by atoms with E-state index in [0.29, 0.717) is 17.6 Å². The fourth-order valence-corrected chi connectivity index (χ4v) is 2.97. The molecule has 0 unspecified atom stereocenters. The lowest BCUT2D eigenvalue weighted by molar-refractivity contribution is 1.07. The third-order valence-corrected chi connectivity index (χ3v) is 4.14. The van der Waals surface area contributed by atoms with Crippen molar-refractivity contribution in [1.29, 1.82) is 0 Å². The first kappa shape index (κ1) is 12.7. The van der Waals surface area contributed by atoms with Crippen molar-refractivity contribution in [3.8, 4) is 0 Å². The van der Waals surface area contributed by atoms with Gasteiger partial charge in [-0.25, -0.2) is 9.97 Å². The van der Waals surface area contributed by atoms with Crippen LogP contribution in [0.4, 0.5) is 5.95 Å². The minimum atomic E-state index is 0.466. The molecule has 0 aliphatic rings. The van der Waals surface area contributed by atoms with E-state index >= 15 is 0 Å². The molecule has 0 saturated heterocycles. The zero-order valence-electron chi connectivity index (χ0n) is 9.73. The Kier molecular flexibility index (Phi) is 3.55. The van der Waals surface area contributed by atoms with E-state index in [1.54, 1.807) is 0 Å². The molecule has 0 atom stereocenters. The normalized spacial score (nSPS) is 10.8. The van der Waals surface area contributed by atoms with Crippen LogP contribution in [-0.4, -0.2) is 9.97 Å². The molecule has 96 valence electrons. The van der Waals surface area contributed by atoms with E-state index < -0.39 is 0 Å². The summed E-state index contributed by atoms with van der Waals surface area (Å²) in [5.74, 6) is 0.514. The molecule has 0 aliphatic carbocycles. The topological polar surface area (TPSA) is 37.8 Å². The van der Waals surface area contributed by atoms with Gasteiger partial charge in [0, 0.05) is 17.0 Å². The van der Waals surface area contributed by atoms with Crippen LogP contribution in [0.3, 0.4) is 0 Å². The van der Waals surface area contributed by atoms with E-state index in [-0.39, 0.29) is 0 Å². The van der Waals surface area contributed by atoms with Crippen molar-refractivity contribution in [3.63, 3.8) is 0 Å². The maximum absolute atomic E-state index is 6.11. The van der Waals surface area contributed by atoms with Gasteiger partial charge in [0.1, 0.15) is 9.98 Å². The second-order valence-corrected chi connectivity index (χ2v) is 5.58. The molecule has 0 bridgehead atoms. The van der Waals surface area contributed by atoms with Crippen LogP contribution in [0.15, 0.2) is 35.7 Å². The first-order valence-corrected chi connectivity index (χ1v) is 7.25. The van der Waals surface area contributed by atoms with Crippen LogP contribution >= 0.6 is 34.5 Å². The molecule has 0 aliphatic heterocycles. The molecule has 6 heteroatoms. The second kappa shape index (κ2) is 5.33. The number of hydrogen-bond donors (Lipinski definition) is 1. The Hall–Kier alpha value is -1.36. The minimum Gasteiger partial charge on any atom is -0.350 e. The van der Waals surface area contributed by atoms with Crippen LogP contribution in [0.25, 0.3) is 10.2 Å². The molecule has 2 aromatic heterocycles. The van der Waals surface area contributed by atoms with Gasteiger partial charge in [-0.3, -0.25) is 0 Å². The Morgan fingerprint density at radius 2 is 1.95 bits per heavy atom. The highest BCUT2D eigenvalue weighted by Gasteiger charge is 2.07. The van der Waals surface area contributed by atoms with Gasteiger partial charge in [0.15, 0.2) is 0 Å². The van der Waals surface area contributed by atoms with Gasteiger partial charge in [-0.15, -0.1) is 11.3 Å². The van der Waals surface area contributed by atoms with Crippen LogP contribution in [0, 0.1) is 0 Å². The van der Waals surface area contributed by atoms with E-state index in [2.05, 4.69) is 15.3 Å². The Labute approximate surface area is 124 Å². The summed E-state index contributed by atoms with van der Waals surface area (Å²) in [5.41, 5.74) is 0.996. The Balaban J connectivity index is 1.84. The molecule has 1 aromatic carbocycles. The zero-order chi connectivity index (χ0) is 13.2. The summed E-state index contributed by atoms with van der Waals surface area (Å²) in [5, 5.41) is 7.16. The average Bonchev–Trinajstić information content (AvgIpc) is 2.87. The van der Waals surface area contributed by atoms with Crippen LogP contribution < -0.4 is 5.32 Å². The smallest absolute Gasteiger partial charge is 0.225 e. The fraction of sp³-hybridized carbons (Fsp3) is 0.0769. The highest BCUT2D eigenvalue weighted by Crippen LogP contribution is 2.26. The first-order chi connectivity index (χ1) is 9.24. The largest absolute Gasteiger partial charge is 0.350 e. The number of hydrogen-bond acceptors (Lipinski definition) is 4. The van der Waals surface area contributed by atoms with Crippen LogP contribution in [0.5, 0.6) is 0 Å². The Morgan fingerprint density at radius 3 is 2.79 bits per heavy atom. The van der Waals surface area contributed by atoms with Crippen LogP contribution in [0.2, 0.25) is 10.2 Å². The van der Waals surface area contributed by atoms with Gasteiger partial charge in [-0.1, -0.05) is 41.4 Å². The third-order valence-electron chi connectivity index (χ3n) is 2.67. The SMILES string of the molecule is Clc1ccccc1CNc1nc(Cl)c2ccsc2n1. The van der Waals surface area contributed by atoms with Crippen molar-refractivity contribution in [1.82, 2.24) is 9.97 Å². The first-order valence-electron chi connectivity index (χ1n) is 5.62. The van der Waals surface area contributed by atoms with Gasteiger partial charge < -0.3 is 5.32 Å². The number of aromatic nitrogens is 2. The van der Waals surface area contributed by atoms with Gasteiger partial charge in [-0.05, 0) is 23.1 Å². The lowest BCUT2D eigenvalue weighted by Gasteiger charge is -2.07. The Bertz CT molecular complexity index is 727. The van der Waals surface area contributed by atoms with Crippen LogP contribution in [-0.2, 0) is 6.54 Å². The number of nitrogens with zero attached hydrogens (tertiary/aromatic N) is 2. The van der Waals surface area contributed by atoms with E-state index in [1.807, 2.05) is 35.7 Å². The molecule has 19 heavy (non-hydrogen) atoms. The monoisotopic (exact) mass is 309 g/mol. The van der Waals surface area contributed by atoms with E-state index in [1.165, 1.54) is 11.3 Å². The number of thiophene rings is 1. The predicted molar refractivity (Wildman–Crippen MR) is 81.2 cm³/mol. The molecular weight excluding hydrogens is 301 g/mol. The second-order valence-electron chi connectivity index (χ2n) is 3.92. The minimum absolute atomic E-state index is 0.466. The van der Waals surface area contributed by atoms with E-state index in [4.69, 9.17) is 23.2 Å². The summed E-state index contributed by atoms with van der Waals surface area (Å²) in [4.78, 5) is 9.51. The summed E-state index contributed by atoms with van der Waals surface area (Å²) in [6, 6.07) is 9.58.